The van der Waals surface area contributed by atoms with Crippen molar-refractivity contribution in [3.63, 3.8) is 0 Å². The molecule has 0 spiro atoms. The summed E-state index contributed by atoms with van der Waals surface area (Å²) in [5.74, 6) is -0.556. The second kappa shape index (κ2) is 9.36. The molecule has 172 valence electrons. The molecule has 0 bridgehead atoms. The van der Waals surface area contributed by atoms with Crippen molar-refractivity contribution in [2.24, 2.45) is 12.8 Å². The van der Waals surface area contributed by atoms with E-state index in [1.165, 1.54) is 23.2 Å². The molecule has 34 heavy (non-hydrogen) atoms. The van der Waals surface area contributed by atoms with Crippen LogP contribution in [0.4, 0.5) is 10.2 Å². The summed E-state index contributed by atoms with van der Waals surface area (Å²) in [4.78, 5) is 20.1. The molecule has 0 radical (unpaired) electrons. The maximum absolute atomic E-state index is 13.2. The Kier molecular flexibility index (Phi) is 6.34. The van der Waals surface area contributed by atoms with Gasteiger partial charge in [-0.05, 0) is 30.3 Å². The lowest BCUT2D eigenvalue weighted by Crippen LogP contribution is -2.27. The zero-order valence-corrected chi connectivity index (χ0v) is 19.4. The first kappa shape index (κ1) is 23.0. The Morgan fingerprint density at radius 3 is 2.65 bits per heavy atom. The molecule has 0 fully saturated rings. The minimum absolute atomic E-state index is 0.241. The summed E-state index contributed by atoms with van der Waals surface area (Å²) in [6.07, 6.45) is 12.0. The normalized spacial score (nSPS) is 13.8. The molecule has 3 heterocycles. The Labute approximate surface area is 201 Å². The summed E-state index contributed by atoms with van der Waals surface area (Å²) >= 11 is 6.51. The van der Waals surface area contributed by atoms with Crippen LogP contribution in [-0.2, 0) is 7.05 Å². The fourth-order valence-corrected chi connectivity index (χ4v) is 3.77. The van der Waals surface area contributed by atoms with E-state index in [1.807, 2.05) is 36.5 Å². The van der Waals surface area contributed by atoms with E-state index in [1.54, 1.807) is 36.1 Å². The number of carbonyl (C=O) groups is 1. The first-order valence-electron chi connectivity index (χ1n) is 10.3. The van der Waals surface area contributed by atoms with Crippen LogP contribution in [0.5, 0.6) is 0 Å². The molecule has 1 aromatic carbocycles. The van der Waals surface area contributed by atoms with Gasteiger partial charge in [0.05, 0.1) is 28.7 Å². The van der Waals surface area contributed by atoms with Crippen LogP contribution >= 0.6 is 11.6 Å². The minimum atomic E-state index is -0.483. The summed E-state index contributed by atoms with van der Waals surface area (Å²) < 4.78 is 14.9. The Balaban J connectivity index is 1.62. The van der Waals surface area contributed by atoms with Crippen LogP contribution in [0.3, 0.4) is 0 Å². The van der Waals surface area contributed by atoms with Gasteiger partial charge in [-0.2, -0.15) is 5.10 Å². The standard InChI is InChI=1S/C25H22ClFN6O/c1-16-4-5-18(19-12-30-31(2)14-19)15-33(16)23(11-28)17-6-8-21(22(26)10-17)25(34)32(3)24-9-7-20(27)13-29-24/h4-15H,1,28H2,2-3H3/b23-11-. The van der Waals surface area contributed by atoms with Crippen LogP contribution in [0.25, 0.3) is 11.3 Å². The molecule has 3 aromatic rings. The fraction of sp³-hybridized carbons (Fsp3) is 0.0800. The number of halogens is 2. The molecule has 0 aliphatic carbocycles. The van der Waals surface area contributed by atoms with Gasteiger partial charge in [0.1, 0.15) is 11.6 Å². The second-order valence-electron chi connectivity index (χ2n) is 7.63. The number of nitrogens with zero attached hydrogens (tertiary/aromatic N) is 5. The Morgan fingerprint density at radius 1 is 1.24 bits per heavy atom. The first-order valence-corrected chi connectivity index (χ1v) is 10.6. The smallest absolute Gasteiger partial charge is 0.260 e. The maximum Gasteiger partial charge on any atom is 0.260 e. The third-order valence-corrected chi connectivity index (χ3v) is 5.66. The van der Waals surface area contributed by atoms with E-state index >= 15 is 0 Å². The summed E-state index contributed by atoms with van der Waals surface area (Å²) in [5, 5.41) is 4.46. The van der Waals surface area contributed by atoms with Gasteiger partial charge in [0.2, 0.25) is 0 Å². The number of amides is 1. The molecule has 0 unspecified atom stereocenters. The van der Waals surface area contributed by atoms with Gasteiger partial charge < -0.3 is 10.6 Å². The topological polar surface area (TPSA) is 80.3 Å². The molecule has 7 nitrogen and oxygen atoms in total. The number of hydrogen-bond acceptors (Lipinski definition) is 5. The van der Waals surface area contributed by atoms with Gasteiger partial charge in [-0.1, -0.05) is 30.3 Å². The quantitative estimate of drug-likeness (QED) is 0.583. The number of aryl methyl sites for hydroxylation is 1. The maximum atomic E-state index is 13.2. The number of hydrogen-bond donors (Lipinski definition) is 1. The summed E-state index contributed by atoms with van der Waals surface area (Å²) in [6, 6.07) is 7.71. The molecule has 9 heteroatoms. The number of aromatic nitrogens is 3. The Morgan fingerprint density at radius 2 is 2.03 bits per heavy atom. The number of benzene rings is 1. The van der Waals surface area contributed by atoms with E-state index in [0.717, 1.165) is 17.3 Å². The monoisotopic (exact) mass is 476 g/mol. The molecule has 0 atom stereocenters. The van der Waals surface area contributed by atoms with Crippen LogP contribution in [0, 0.1) is 5.82 Å². The van der Waals surface area contributed by atoms with Crippen molar-refractivity contribution < 1.29 is 9.18 Å². The average molecular weight is 477 g/mol. The van der Waals surface area contributed by atoms with Crippen molar-refractivity contribution in [1.29, 1.82) is 0 Å². The van der Waals surface area contributed by atoms with Crippen LogP contribution in [-0.4, -0.2) is 32.6 Å². The molecule has 1 aliphatic heterocycles. The highest BCUT2D eigenvalue weighted by Gasteiger charge is 2.21. The zero-order chi connectivity index (χ0) is 24.4. The van der Waals surface area contributed by atoms with Gasteiger partial charge in [-0.25, -0.2) is 9.37 Å². The van der Waals surface area contributed by atoms with Gasteiger partial charge in [0.25, 0.3) is 5.91 Å². The largest absolute Gasteiger partial charge is 0.403 e. The van der Waals surface area contributed by atoms with Crippen molar-refractivity contribution in [3.05, 3.63) is 113 Å². The lowest BCUT2D eigenvalue weighted by Gasteiger charge is -2.28. The SMILES string of the molecule is C=C1C=CC(c2cnn(C)c2)=CN1/C(=C\N)c1ccc(C(=O)N(C)c2ccc(F)cn2)c(Cl)c1. The number of anilines is 1. The Hall–Kier alpha value is -4.17. The van der Waals surface area contributed by atoms with Crippen molar-refractivity contribution in [1.82, 2.24) is 19.7 Å². The zero-order valence-electron chi connectivity index (χ0n) is 18.6. The van der Waals surface area contributed by atoms with E-state index in [9.17, 15) is 9.18 Å². The van der Waals surface area contributed by atoms with Crippen molar-refractivity contribution >= 4 is 34.6 Å². The van der Waals surface area contributed by atoms with Crippen LogP contribution in [0.15, 0.2) is 85.8 Å². The molecular weight excluding hydrogens is 455 g/mol. The Bertz CT molecular complexity index is 1360. The van der Waals surface area contributed by atoms with E-state index in [2.05, 4.69) is 16.7 Å². The highest BCUT2D eigenvalue weighted by atomic mass is 35.5. The van der Waals surface area contributed by atoms with Gasteiger partial charge in [-0.3, -0.25) is 14.4 Å². The number of nitrogens with two attached hydrogens (primary N) is 1. The molecule has 0 saturated carbocycles. The lowest BCUT2D eigenvalue weighted by molar-refractivity contribution is 0.0992. The van der Waals surface area contributed by atoms with E-state index in [-0.39, 0.29) is 16.5 Å². The highest BCUT2D eigenvalue weighted by Crippen LogP contribution is 2.32. The van der Waals surface area contributed by atoms with Gasteiger partial charge in [-0.15, -0.1) is 0 Å². The molecule has 2 aromatic heterocycles. The number of allylic oxidation sites excluding steroid dienone is 3. The molecule has 4 rings (SSSR count). The molecule has 1 aliphatic rings. The summed E-state index contributed by atoms with van der Waals surface area (Å²) in [7, 11) is 3.40. The number of pyridine rings is 1. The predicted octanol–water partition coefficient (Wildman–Crippen LogP) is 4.57. The van der Waals surface area contributed by atoms with E-state index in [0.29, 0.717) is 22.8 Å². The number of carbonyl (C=O) groups excluding carboxylic acids is 1. The van der Waals surface area contributed by atoms with Crippen molar-refractivity contribution in [3.8, 4) is 0 Å². The molecule has 0 saturated heterocycles. The van der Waals surface area contributed by atoms with E-state index in [4.69, 9.17) is 17.3 Å². The van der Waals surface area contributed by atoms with Crippen molar-refractivity contribution in [2.75, 3.05) is 11.9 Å². The average Bonchev–Trinajstić information content (AvgIpc) is 3.26. The lowest BCUT2D eigenvalue weighted by atomic mass is 10.0. The van der Waals surface area contributed by atoms with E-state index < -0.39 is 5.82 Å². The third kappa shape index (κ3) is 4.49. The molecule has 1 amide bonds. The van der Waals surface area contributed by atoms with Crippen molar-refractivity contribution in [2.45, 2.75) is 0 Å². The molecule has 2 N–H and O–H groups in total. The number of rotatable bonds is 5. The third-order valence-electron chi connectivity index (χ3n) is 5.34. The predicted molar refractivity (Wildman–Crippen MR) is 132 cm³/mol. The van der Waals surface area contributed by atoms with Gasteiger partial charge >= 0.3 is 0 Å². The van der Waals surface area contributed by atoms with Gasteiger partial charge in [0, 0.05) is 55.1 Å². The van der Waals surface area contributed by atoms with Gasteiger partial charge in [0.15, 0.2) is 0 Å². The first-order chi connectivity index (χ1) is 16.3. The highest BCUT2D eigenvalue weighted by molar-refractivity contribution is 6.34. The summed E-state index contributed by atoms with van der Waals surface area (Å²) in [5.41, 5.74) is 10.2. The van der Waals surface area contributed by atoms with Crippen LogP contribution in [0.1, 0.15) is 21.5 Å². The minimum Gasteiger partial charge on any atom is -0.403 e. The summed E-state index contributed by atoms with van der Waals surface area (Å²) in [6.45, 7) is 4.10. The molecular formula is C25H22ClFN6O. The fourth-order valence-electron chi connectivity index (χ4n) is 3.51. The second-order valence-corrected chi connectivity index (χ2v) is 8.03. The van der Waals surface area contributed by atoms with Crippen LogP contribution < -0.4 is 10.6 Å². The van der Waals surface area contributed by atoms with Crippen LogP contribution in [0.2, 0.25) is 5.02 Å².